The number of hydrogen-bond acceptors (Lipinski definition) is 5. The van der Waals surface area contributed by atoms with Crippen molar-refractivity contribution in [1.29, 1.82) is 0 Å². The van der Waals surface area contributed by atoms with Crippen LogP contribution >= 0.6 is 0 Å². The third kappa shape index (κ3) is 4.76. The van der Waals surface area contributed by atoms with Crippen LogP contribution in [0.2, 0.25) is 0 Å². The molecule has 3 rings (SSSR count). The van der Waals surface area contributed by atoms with E-state index >= 15 is 0 Å². The van der Waals surface area contributed by atoms with Gasteiger partial charge in [0.1, 0.15) is 12.2 Å². The zero-order valence-electron chi connectivity index (χ0n) is 16.7. The highest BCUT2D eigenvalue weighted by molar-refractivity contribution is 5.70. The Morgan fingerprint density at radius 3 is 2.54 bits per heavy atom. The minimum Gasteiger partial charge on any atom is -0.449 e. The van der Waals surface area contributed by atoms with Gasteiger partial charge < -0.3 is 24.4 Å². The second kappa shape index (κ2) is 8.82. The van der Waals surface area contributed by atoms with Crippen LogP contribution in [0.4, 0.5) is 9.59 Å². The maximum Gasteiger partial charge on any atom is 0.410 e. The van der Waals surface area contributed by atoms with Crippen LogP contribution in [0.3, 0.4) is 0 Å². The van der Waals surface area contributed by atoms with E-state index in [0.29, 0.717) is 19.6 Å². The van der Waals surface area contributed by atoms with Crippen molar-refractivity contribution < 1.29 is 24.2 Å². The molecule has 0 aliphatic carbocycles. The average Bonchev–Trinajstić information content (AvgIpc) is 2.68. The molecule has 2 aliphatic heterocycles. The lowest BCUT2D eigenvalue weighted by Crippen LogP contribution is -2.73. The van der Waals surface area contributed by atoms with E-state index in [0.717, 1.165) is 18.4 Å². The largest absolute Gasteiger partial charge is 0.449 e. The van der Waals surface area contributed by atoms with E-state index < -0.39 is 11.7 Å². The molecule has 1 aromatic rings. The standard InChI is InChI=1S/C21H30N2O5/c1-16(2)12-27-20(25)23-11-7-6-10-18(23)21(26)14-22(15-21)19(24)28-13-17-8-4-3-5-9-17/h3-5,8-9,16,18,26H,6-7,10-15H2,1-2H3. The highest BCUT2D eigenvalue weighted by Crippen LogP contribution is 2.34. The van der Waals surface area contributed by atoms with Gasteiger partial charge in [-0.25, -0.2) is 9.59 Å². The highest BCUT2D eigenvalue weighted by Gasteiger charge is 2.53. The molecular weight excluding hydrogens is 360 g/mol. The number of hydrogen-bond donors (Lipinski definition) is 1. The molecule has 1 atom stereocenters. The Kier molecular flexibility index (Phi) is 6.44. The van der Waals surface area contributed by atoms with Gasteiger partial charge in [0, 0.05) is 6.54 Å². The first-order valence-corrected chi connectivity index (χ1v) is 10.0. The van der Waals surface area contributed by atoms with Crippen molar-refractivity contribution in [2.24, 2.45) is 5.92 Å². The van der Waals surface area contributed by atoms with Crippen LogP contribution in [-0.2, 0) is 16.1 Å². The summed E-state index contributed by atoms with van der Waals surface area (Å²) in [6.45, 7) is 5.43. The van der Waals surface area contributed by atoms with E-state index in [1.54, 1.807) is 4.90 Å². The summed E-state index contributed by atoms with van der Waals surface area (Å²) in [4.78, 5) is 27.8. The molecule has 1 N–H and O–H groups in total. The van der Waals surface area contributed by atoms with E-state index in [1.165, 1.54) is 4.90 Å². The minimum atomic E-state index is -1.11. The van der Waals surface area contributed by atoms with Gasteiger partial charge in [-0.05, 0) is 30.7 Å². The molecule has 154 valence electrons. The fourth-order valence-corrected chi connectivity index (χ4v) is 3.79. The molecule has 28 heavy (non-hydrogen) atoms. The molecule has 1 aromatic carbocycles. The number of likely N-dealkylation sites (tertiary alicyclic amines) is 2. The maximum atomic E-state index is 12.5. The monoisotopic (exact) mass is 390 g/mol. The Bertz CT molecular complexity index is 673. The molecule has 2 fully saturated rings. The number of benzene rings is 1. The van der Waals surface area contributed by atoms with E-state index in [9.17, 15) is 14.7 Å². The second-order valence-electron chi connectivity index (χ2n) is 8.18. The molecule has 7 heteroatoms. The molecule has 0 bridgehead atoms. The fourth-order valence-electron chi connectivity index (χ4n) is 3.79. The highest BCUT2D eigenvalue weighted by atomic mass is 16.6. The number of piperidine rings is 1. The minimum absolute atomic E-state index is 0.166. The Hall–Kier alpha value is -2.28. The number of aliphatic hydroxyl groups is 1. The van der Waals surface area contributed by atoms with Gasteiger partial charge >= 0.3 is 12.2 Å². The molecule has 7 nitrogen and oxygen atoms in total. The van der Waals surface area contributed by atoms with Gasteiger partial charge in [0.2, 0.25) is 0 Å². The van der Waals surface area contributed by atoms with Crippen LogP contribution < -0.4 is 0 Å². The number of carbonyl (C=O) groups excluding carboxylic acids is 2. The van der Waals surface area contributed by atoms with E-state index in [-0.39, 0.29) is 37.7 Å². The lowest BCUT2D eigenvalue weighted by atomic mass is 9.81. The molecule has 2 amide bonds. The number of nitrogens with zero attached hydrogens (tertiary/aromatic N) is 2. The molecule has 0 saturated carbocycles. The Balaban J connectivity index is 1.53. The van der Waals surface area contributed by atoms with Crippen LogP contribution in [0.15, 0.2) is 30.3 Å². The van der Waals surface area contributed by atoms with E-state index in [2.05, 4.69) is 0 Å². The van der Waals surface area contributed by atoms with Crippen molar-refractivity contribution in [2.45, 2.75) is 51.4 Å². The summed E-state index contributed by atoms with van der Waals surface area (Å²) in [7, 11) is 0. The van der Waals surface area contributed by atoms with E-state index in [4.69, 9.17) is 9.47 Å². The Labute approximate surface area is 166 Å². The summed E-state index contributed by atoms with van der Waals surface area (Å²) < 4.78 is 10.7. The van der Waals surface area contributed by atoms with Crippen molar-refractivity contribution in [3.05, 3.63) is 35.9 Å². The lowest BCUT2D eigenvalue weighted by Gasteiger charge is -2.53. The summed E-state index contributed by atoms with van der Waals surface area (Å²) >= 11 is 0. The molecule has 2 heterocycles. The topological polar surface area (TPSA) is 79.3 Å². The molecule has 0 spiro atoms. The smallest absolute Gasteiger partial charge is 0.410 e. The Morgan fingerprint density at radius 1 is 1.14 bits per heavy atom. The van der Waals surface area contributed by atoms with Crippen molar-refractivity contribution in [3.63, 3.8) is 0 Å². The number of β-amino-alcohol motifs (C(OH)–C–C–N with tert-alkyl or cyclic N) is 1. The van der Waals surface area contributed by atoms with Crippen LogP contribution in [0.1, 0.15) is 38.7 Å². The van der Waals surface area contributed by atoms with E-state index in [1.807, 2.05) is 44.2 Å². The fraction of sp³-hybridized carbons (Fsp3) is 0.619. The van der Waals surface area contributed by atoms with Gasteiger partial charge in [0.15, 0.2) is 0 Å². The number of ether oxygens (including phenoxy) is 2. The van der Waals surface area contributed by atoms with Crippen LogP contribution in [0.5, 0.6) is 0 Å². The summed E-state index contributed by atoms with van der Waals surface area (Å²) in [5, 5.41) is 11.0. The first-order valence-electron chi connectivity index (χ1n) is 10.0. The Morgan fingerprint density at radius 2 is 1.86 bits per heavy atom. The summed E-state index contributed by atoms with van der Waals surface area (Å²) in [6, 6.07) is 9.13. The summed E-state index contributed by atoms with van der Waals surface area (Å²) in [5.74, 6) is 0.258. The predicted molar refractivity (Wildman–Crippen MR) is 104 cm³/mol. The number of rotatable bonds is 5. The molecule has 2 saturated heterocycles. The van der Waals surface area contributed by atoms with Crippen molar-refractivity contribution in [2.75, 3.05) is 26.2 Å². The quantitative estimate of drug-likeness (QED) is 0.836. The van der Waals surface area contributed by atoms with Crippen molar-refractivity contribution >= 4 is 12.2 Å². The lowest BCUT2D eigenvalue weighted by molar-refractivity contribution is -0.140. The van der Waals surface area contributed by atoms with Crippen molar-refractivity contribution in [3.8, 4) is 0 Å². The molecule has 0 radical (unpaired) electrons. The van der Waals surface area contributed by atoms with Gasteiger partial charge in [-0.1, -0.05) is 44.2 Å². The zero-order chi connectivity index (χ0) is 20.1. The van der Waals surface area contributed by atoms with Gasteiger partial charge in [0.05, 0.1) is 25.7 Å². The first-order chi connectivity index (χ1) is 13.4. The molecule has 1 unspecified atom stereocenters. The number of carbonyl (C=O) groups is 2. The van der Waals surface area contributed by atoms with Crippen LogP contribution in [-0.4, -0.2) is 65.0 Å². The molecule has 2 aliphatic rings. The van der Waals surface area contributed by atoms with Crippen molar-refractivity contribution in [1.82, 2.24) is 9.80 Å². The third-order valence-electron chi connectivity index (χ3n) is 5.29. The van der Waals surface area contributed by atoms with Gasteiger partial charge in [-0.3, -0.25) is 0 Å². The normalized spacial score (nSPS) is 21.2. The van der Waals surface area contributed by atoms with Crippen LogP contribution in [0.25, 0.3) is 0 Å². The average molecular weight is 390 g/mol. The van der Waals surface area contributed by atoms with Gasteiger partial charge in [-0.15, -0.1) is 0 Å². The number of amides is 2. The molecular formula is C21H30N2O5. The first kappa shape index (κ1) is 20.5. The summed E-state index contributed by atoms with van der Waals surface area (Å²) in [6.07, 6.45) is 1.72. The maximum absolute atomic E-state index is 12.5. The van der Waals surface area contributed by atoms with Crippen LogP contribution in [0, 0.1) is 5.92 Å². The van der Waals surface area contributed by atoms with Gasteiger partial charge in [0.25, 0.3) is 0 Å². The SMILES string of the molecule is CC(C)COC(=O)N1CCCCC1C1(O)CN(C(=O)OCc2ccccc2)C1. The van der Waals surface area contributed by atoms with Gasteiger partial charge in [-0.2, -0.15) is 0 Å². The third-order valence-corrected chi connectivity index (χ3v) is 5.29. The predicted octanol–water partition coefficient (Wildman–Crippen LogP) is 3.02. The summed E-state index contributed by atoms with van der Waals surface area (Å²) in [5.41, 5.74) is -0.193. The molecule has 0 aromatic heterocycles. The second-order valence-corrected chi connectivity index (χ2v) is 8.18. The zero-order valence-corrected chi connectivity index (χ0v) is 16.7.